The molecule has 0 aromatic carbocycles. The van der Waals surface area contributed by atoms with Gasteiger partial charge >= 0.3 is 0 Å². The zero-order valence-corrected chi connectivity index (χ0v) is 9.28. The Morgan fingerprint density at radius 3 is 3.08 bits per heavy atom. The van der Waals surface area contributed by atoms with E-state index in [1.54, 1.807) is 13.0 Å². The molecule has 0 aromatic rings. The average Bonchev–Trinajstić information content (AvgIpc) is 2.34. The number of rotatable bonds is 3. The lowest BCUT2D eigenvalue weighted by Gasteiger charge is -2.30. The molecular weight excluding hydrogens is 267 g/mol. The Labute approximate surface area is 86.3 Å². The maximum Gasteiger partial charge on any atom is 0.188 e. The summed E-state index contributed by atoms with van der Waals surface area (Å²) in [5, 5.41) is 9.71. The number of halogens is 1. The van der Waals surface area contributed by atoms with E-state index < -0.39 is 3.73 Å². The summed E-state index contributed by atoms with van der Waals surface area (Å²) in [6.45, 7) is 7.00. The average molecular weight is 280 g/mol. The van der Waals surface area contributed by atoms with Gasteiger partial charge < -0.3 is 10.0 Å². The highest BCUT2D eigenvalue weighted by Crippen LogP contribution is 2.23. The van der Waals surface area contributed by atoms with Crippen LogP contribution in [0.1, 0.15) is 13.3 Å². The summed E-state index contributed by atoms with van der Waals surface area (Å²) in [4.78, 5) is 6.18. The van der Waals surface area contributed by atoms with Gasteiger partial charge in [-0.3, -0.25) is 4.99 Å². The van der Waals surface area contributed by atoms with Crippen LogP contribution in [0.4, 0.5) is 0 Å². The minimum absolute atomic E-state index is 0.735. The molecule has 68 valence electrons. The summed E-state index contributed by atoms with van der Waals surface area (Å²) in [5.74, 6) is 0.935. The molecule has 0 saturated heterocycles. The predicted molar refractivity (Wildman–Crippen MR) is 58.5 cm³/mol. The monoisotopic (exact) mass is 280 g/mol. The van der Waals surface area contributed by atoms with Gasteiger partial charge in [-0.05, 0) is 29.5 Å². The summed E-state index contributed by atoms with van der Waals surface area (Å²) in [5.41, 5.74) is 0. The van der Waals surface area contributed by atoms with Crippen LogP contribution in [0, 0.1) is 0 Å². The molecule has 12 heavy (non-hydrogen) atoms. The van der Waals surface area contributed by atoms with Crippen molar-refractivity contribution in [1.29, 1.82) is 0 Å². The second kappa shape index (κ2) is 3.74. The van der Waals surface area contributed by atoms with E-state index in [-0.39, 0.29) is 0 Å². The van der Waals surface area contributed by atoms with Crippen LogP contribution in [-0.4, -0.2) is 32.7 Å². The number of hydrogen-bond donors (Lipinski definition) is 1. The number of aliphatic hydroxyl groups is 1. The fourth-order valence-electron chi connectivity index (χ4n) is 1.24. The Balaban J connectivity index is 2.67. The predicted octanol–water partition coefficient (Wildman–Crippen LogP) is 1.38. The van der Waals surface area contributed by atoms with Crippen molar-refractivity contribution >= 4 is 28.4 Å². The molecule has 1 N–H and O–H groups in total. The molecule has 4 heteroatoms. The third-order valence-corrected chi connectivity index (χ3v) is 2.33. The SMILES string of the molecule is C=CCC1=NCCN1C(C)(O)I. The zero-order chi connectivity index (χ0) is 9.19. The zero-order valence-electron chi connectivity index (χ0n) is 7.13. The van der Waals surface area contributed by atoms with E-state index in [0.29, 0.717) is 0 Å². The molecule has 0 aromatic heterocycles. The Bertz CT molecular complexity index is 208. The fraction of sp³-hybridized carbons (Fsp3) is 0.625. The molecule has 0 aliphatic carbocycles. The van der Waals surface area contributed by atoms with Crippen LogP contribution in [-0.2, 0) is 0 Å². The second-order valence-corrected chi connectivity index (χ2v) is 4.89. The molecular formula is C8H13IN2O. The van der Waals surface area contributed by atoms with Crippen LogP contribution in [0.2, 0.25) is 0 Å². The van der Waals surface area contributed by atoms with Gasteiger partial charge in [-0.15, -0.1) is 6.58 Å². The van der Waals surface area contributed by atoms with E-state index in [1.165, 1.54) is 0 Å². The van der Waals surface area contributed by atoms with E-state index in [4.69, 9.17) is 0 Å². The standard InChI is InChI=1S/C8H13IN2O/c1-3-4-7-10-5-6-11(7)8(2,9)12/h3,12H,1,4-6H2,2H3. The highest BCUT2D eigenvalue weighted by atomic mass is 127. The largest absolute Gasteiger partial charge is 0.363 e. The Morgan fingerprint density at radius 2 is 2.58 bits per heavy atom. The molecule has 0 saturated carbocycles. The van der Waals surface area contributed by atoms with Crippen molar-refractivity contribution in [2.24, 2.45) is 4.99 Å². The molecule has 1 unspecified atom stereocenters. The van der Waals surface area contributed by atoms with Crippen molar-refractivity contribution in [2.75, 3.05) is 13.1 Å². The molecule has 1 aliphatic rings. The van der Waals surface area contributed by atoms with Crippen molar-refractivity contribution in [3.05, 3.63) is 12.7 Å². The lowest BCUT2D eigenvalue weighted by atomic mass is 10.3. The van der Waals surface area contributed by atoms with Gasteiger partial charge in [0.25, 0.3) is 0 Å². The van der Waals surface area contributed by atoms with Crippen molar-refractivity contribution < 1.29 is 5.11 Å². The van der Waals surface area contributed by atoms with Crippen LogP contribution in [0.3, 0.4) is 0 Å². The van der Waals surface area contributed by atoms with Gasteiger partial charge in [-0.1, -0.05) is 6.08 Å². The smallest absolute Gasteiger partial charge is 0.188 e. The van der Waals surface area contributed by atoms with Crippen LogP contribution in [0.25, 0.3) is 0 Å². The van der Waals surface area contributed by atoms with Gasteiger partial charge in [0, 0.05) is 13.0 Å². The van der Waals surface area contributed by atoms with Crippen molar-refractivity contribution in [3.63, 3.8) is 0 Å². The number of amidine groups is 1. The van der Waals surface area contributed by atoms with Crippen LogP contribution in [0.5, 0.6) is 0 Å². The topological polar surface area (TPSA) is 35.8 Å². The second-order valence-electron chi connectivity index (χ2n) is 2.85. The minimum atomic E-state index is -0.823. The number of alkyl halides is 1. The number of aliphatic imine (C=N–C) groups is 1. The van der Waals surface area contributed by atoms with E-state index in [2.05, 4.69) is 11.6 Å². The highest BCUT2D eigenvalue weighted by Gasteiger charge is 2.30. The van der Waals surface area contributed by atoms with Gasteiger partial charge in [0.2, 0.25) is 0 Å². The normalized spacial score (nSPS) is 21.9. The number of nitrogens with zero attached hydrogens (tertiary/aromatic N) is 2. The van der Waals surface area contributed by atoms with Crippen LogP contribution < -0.4 is 0 Å². The van der Waals surface area contributed by atoms with Gasteiger partial charge in [0.05, 0.1) is 6.54 Å². The first-order valence-electron chi connectivity index (χ1n) is 3.89. The summed E-state index contributed by atoms with van der Waals surface area (Å²) in [6, 6.07) is 0. The molecule has 3 nitrogen and oxygen atoms in total. The quantitative estimate of drug-likeness (QED) is 0.367. The molecule has 1 aliphatic heterocycles. The van der Waals surface area contributed by atoms with Gasteiger partial charge in [-0.25, -0.2) is 0 Å². The molecule has 0 bridgehead atoms. The molecule has 0 fully saturated rings. The molecule has 1 heterocycles. The highest BCUT2D eigenvalue weighted by molar-refractivity contribution is 14.1. The number of hydrogen-bond acceptors (Lipinski definition) is 3. The van der Waals surface area contributed by atoms with Gasteiger partial charge in [-0.2, -0.15) is 0 Å². The third-order valence-electron chi connectivity index (χ3n) is 1.75. The Morgan fingerprint density at radius 1 is 1.92 bits per heavy atom. The van der Waals surface area contributed by atoms with Gasteiger partial charge in [0.1, 0.15) is 5.84 Å². The molecule has 0 spiro atoms. The summed E-state index contributed by atoms with van der Waals surface area (Å²) in [7, 11) is 0. The van der Waals surface area contributed by atoms with E-state index in [0.717, 1.165) is 25.3 Å². The van der Waals surface area contributed by atoms with E-state index in [9.17, 15) is 5.11 Å². The van der Waals surface area contributed by atoms with Crippen molar-refractivity contribution in [1.82, 2.24) is 4.90 Å². The first-order valence-corrected chi connectivity index (χ1v) is 4.96. The first kappa shape index (κ1) is 9.98. The van der Waals surface area contributed by atoms with E-state index >= 15 is 0 Å². The summed E-state index contributed by atoms with van der Waals surface area (Å²) in [6.07, 6.45) is 2.54. The molecule has 0 radical (unpaired) electrons. The third kappa shape index (κ3) is 2.20. The maximum atomic E-state index is 9.71. The fourth-order valence-corrected chi connectivity index (χ4v) is 1.76. The van der Waals surface area contributed by atoms with Gasteiger partial charge in [0.15, 0.2) is 3.73 Å². The lowest BCUT2D eigenvalue weighted by molar-refractivity contribution is 0.0590. The minimum Gasteiger partial charge on any atom is -0.363 e. The lowest BCUT2D eigenvalue weighted by Crippen LogP contribution is -2.43. The maximum absolute atomic E-state index is 9.71. The molecule has 0 amide bonds. The first-order chi connectivity index (χ1) is 5.55. The summed E-state index contributed by atoms with van der Waals surface area (Å²) < 4.78 is -0.823. The van der Waals surface area contributed by atoms with Crippen molar-refractivity contribution in [3.8, 4) is 0 Å². The summed E-state index contributed by atoms with van der Waals surface area (Å²) >= 11 is 2.00. The van der Waals surface area contributed by atoms with Crippen LogP contribution in [0.15, 0.2) is 17.6 Å². The van der Waals surface area contributed by atoms with Crippen LogP contribution >= 0.6 is 22.6 Å². The Kier molecular flexibility index (Phi) is 3.11. The Hall–Kier alpha value is -0.100. The van der Waals surface area contributed by atoms with Crippen molar-refractivity contribution in [2.45, 2.75) is 17.1 Å². The molecule has 1 rings (SSSR count). The molecule has 1 atom stereocenters. The van der Waals surface area contributed by atoms with E-state index in [1.807, 2.05) is 27.5 Å².